The Bertz CT molecular complexity index is 145. The number of likely N-dealkylation sites (tertiary alicyclic amines) is 1. The minimum absolute atomic E-state index is 0.351. The first-order valence-electron chi connectivity index (χ1n) is 5.61. The smallest absolute Gasteiger partial charge is 0.00925 e. The number of hydrogen-bond donors (Lipinski definition) is 1. The molecule has 0 aliphatic carbocycles. The van der Waals surface area contributed by atoms with Crippen LogP contribution in [-0.2, 0) is 0 Å². The monoisotopic (exact) mass is 184 g/mol. The molecule has 2 heteroatoms. The van der Waals surface area contributed by atoms with Crippen molar-refractivity contribution in [2.45, 2.75) is 52.1 Å². The van der Waals surface area contributed by atoms with Gasteiger partial charge in [0, 0.05) is 12.1 Å². The SMILES string of the molecule is CC(N)CCN1CCCC(C)C1C. The molecule has 2 nitrogen and oxygen atoms in total. The van der Waals surface area contributed by atoms with E-state index in [9.17, 15) is 0 Å². The van der Waals surface area contributed by atoms with Gasteiger partial charge in [0.1, 0.15) is 0 Å². The van der Waals surface area contributed by atoms with Gasteiger partial charge in [0.05, 0.1) is 0 Å². The van der Waals surface area contributed by atoms with E-state index < -0.39 is 0 Å². The normalized spacial score (nSPS) is 33.2. The first-order valence-corrected chi connectivity index (χ1v) is 5.61. The lowest BCUT2D eigenvalue weighted by Crippen LogP contribution is -2.43. The molecule has 0 amide bonds. The summed E-state index contributed by atoms with van der Waals surface area (Å²) >= 11 is 0. The van der Waals surface area contributed by atoms with Crippen molar-refractivity contribution in [1.82, 2.24) is 4.90 Å². The van der Waals surface area contributed by atoms with Crippen molar-refractivity contribution < 1.29 is 0 Å². The maximum absolute atomic E-state index is 5.76. The van der Waals surface area contributed by atoms with Gasteiger partial charge < -0.3 is 10.6 Å². The minimum atomic E-state index is 0.351. The standard InChI is InChI=1S/C11H24N2/c1-9-5-4-7-13(11(9)3)8-6-10(2)12/h9-11H,4-8,12H2,1-3H3. The lowest BCUT2D eigenvalue weighted by Gasteiger charge is -2.38. The second-order valence-corrected chi connectivity index (χ2v) is 4.66. The Morgan fingerprint density at radius 3 is 2.77 bits per heavy atom. The largest absolute Gasteiger partial charge is 0.328 e. The van der Waals surface area contributed by atoms with E-state index in [1.807, 2.05) is 0 Å². The summed E-state index contributed by atoms with van der Waals surface area (Å²) in [4.78, 5) is 2.59. The fourth-order valence-corrected chi connectivity index (χ4v) is 2.11. The third-order valence-corrected chi connectivity index (χ3v) is 3.38. The van der Waals surface area contributed by atoms with Gasteiger partial charge in [-0.25, -0.2) is 0 Å². The van der Waals surface area contributed by atoms with Gasteiger partial charge in [-0.15, -0.1) is 0 Å². The maximum Gasteiger partial charge on any atom is 0.00925 e. The Balaban J connectivity index is 2.31. The number of nitrogens with two attached hydrogens (primary N) is 1. The van der Waals surface area contributed by atoms with Crippen LogP contribution < -0.4 is 5.73 Å². The molecule has 1 aliphatic heterocycles. The van der Waals surface area contributed by atoms with Crippen LogP contribution in [0.25, 0.3) is 0 Å². The minimum Gasteiger partial charge on any atom is -0.328 e. The van der Waals surface area contributed by atoms with Crippen molar-refractivity contribution in [2.75, 3.05) is 13.1 Å². The molecule has 0 bridgehead atoms. The number of rotatable bonds is 3. The molecule has 78 valence electrons. The van der Waals surface area contributed by atoms with Gasteiger partial charge in [0.15, 0.2) is 0 Å². The Labute approximate surface area is 82.5 Å². The molecule has 0 aromatic carbocycles. The van der Waals surface area contributed by atoms with Crippen LogP contribution in [0.4, 0.5) is 0 Å². The van der Waals surface area contributed by atoms with Crippen molar-refractivity contribution in [1.29, 1.82) is 0 Å². The average molecular weight is 184 g/mol. The molecule has 3 atom stereocenters. The maximum atomic E-state index is 5.76. The number of nitrogens with zero attached hydrogens (tertiary/aromatic N) is 1. The third kappa shape index (κ3) is 3.28. The van der Waals surface area contributed by atoms with Crippen molar-refractivity contribution in [3.8, 4) is 0 Å². The Hall–Kier alpha value is -0.0800. The molecular weight excluding hydrogens is 160 g/mol. The predicted octanol–water partition coefficient (Wildman–Crippen LogP) is 1.84. The Morgan fingerprint density at radius 2 is 2.15 bits per heavy atom. The summed E-state index contributed by atoms with van der Waals surface area (Å²) in [5.41, 5.74) is 5.76. The van der Waals surface area contributed by atoms with Crippen LogP contribution in [0.3, 0.4) is 0 Å². The second kappa shape index (κ2) is 4.97. The summed E-state index contributed by atoms with van der Waals surface area (Å²) < 4.78 is 0. The van der Waals surface area contributed by atoms with Gasteiger partial charge in [0.25, 0.3) is 0 Å². The zero-order valence-corrected chi connectivity index (χ0v) is 9.29. The van der Waals surface area contributed by atoms with Crippen molar-refractivity contribution in [3.63, 3.8) is 0 Å². The molecule has 1 saturated heterocycles. The van der Waals surface area contributed by atoms with E-state index in [-0.39, 0.29) is 0 Å². The summed E-state index contributed by atoms with van der Waals surface area (Å²) in [6.07, 6.45) is 3.90. The highest BCUT2D eigenvalue weighted by Crippen LogP contribution is 2.22. The van der Waals surface area contributed by atoms with E-state index >= 15 is 0 Å². The van der Waals surface area contributed by atoms with E-state index in [1.165, 1.54) is 25.9 Å². The fourth-order valence-electron chi connectivity index (χ4n) is 2.11. The molecule has 1 heterocycles. The van der Waals surface area contributed by atoms with Crippen LogP contribution in [0.2, 0.25) is 0 Å². The summed E-state index contributed by atoms with van der Waals surface area (Å²) in [5, 5.41) is 0. The number of piperidine rings is 1. The second-order valence-electron chi connectivity index (χ2n) is 4.66. The molecule has 13 heavy (non-hydrogen) atoms. The lowest BCUT2D eigenvalue weighted by atomic mass is 9.92. The third-order valence-electron chi connectivity index (χ3n) is 3.38. The first-order chi connectivity index (χ1) is 6.11. The van der Waals surface area contributed by atoms with Crippen LogP contribution in [0.15, 0.2) is 0 Å². The van der Waals surface area contributed by atoms with E-state index in [2.05, 4.69) is 25.7 Å². The van der Waals surface area contributed by atoms with E-state index in [0.717, 1.165) is 18.4 Å². The highest BCUT2D eigenvalue weighted by Gasteiger charge is 2.23. The van der Waals surface area contributed by atoms with Gasteiger partial charge >= 0.3 is 0 Å². The molecule has 0 saturated carbocycles. The Morgan fingerprint density at radius 1 is 1.46 bits per heavy atom. The molecular formula is C11H24N2. The zero-order valence-electron chi connectivity index (χ0n) is 9.29. The van der Waals surface area contributed by atoms with E-state index in [1.54, 1.807) is 0 Å². The summed E-state index contributed by atoms with van der Waals surface area (Å²) in [7, 11) is 0. The van der Waals surface area contributed by atoms with Gasteiger partial charge in [-0.2, -0.15) is 0 Å². The van der Waals surface area contributed by atoms with Gasteiger partial charge in [-0.3, -0.25) is 0 Å². The van der Waals surface area contributed by atoms with Crippen LogP contribution in [-0.4, -0.2) is 30.1 Å². The molecule has 0 spiro atoms. The molecule has 0 aromatic heterocycles. The highest BCUT2D eigenvalue weighted by atomic mass is 15.2. The first kappa shape index (κ1) is 11.0. The molecule has 1 rings (SSSR count). The van der Waals surface area contributed by atoms with Crippen LogP contribution in [0.1, 0.15) is 40.0 Å². The summed E-state index contributed by atoms with van der Waals surface area (Å²) in [6, 6.07) is 1.11. The van der Waals surface area contributed by atoms with Gasteiger partial charge in [-0.1, -0.05) is 6.92 Å². The van der Waals surface area contributed by atoms with Crippen LogP contribution in [0, 0.1) is 5.92 Å². The topological polar surface area (TPSA) is 29.3 Å². The quantitative estimate of drug-likeness (QED) is 0.725. The zero-order chi connectivity index (χ0) is 9.84. The molecule has 0 aromatic rings. The molecule has 2 N–H and O–H groups in total. The van der Waals surface area contributed by atoms with E-state index in [4.69, 9.17) is 5.73 Å². The average Bonchev–Trinajstić information content (AvgIpc) is 2.07. The summed E-state index contributed by atoms with van der Waals surface area (Å²) in [5.74, 6) is 0.863. The lowest BCUT2D eigenvalue weighted by molar-refractivity contribution is 0.111. The van der Waals surface area contributed by atoms with Crippen molar-refractivity contribution in [2.24, 2.45) is 11.7 Å². The predicted molar refractivity (Wildman–Crippen MR) is 57.7 cm³/mol. The highest BCUT2D eigenvalue weighted by molar-refractivity contribution is 4.78. The fraction of sp³-hybridized carbons (Fsp3) is 1.00. The van der Waals surface area contributed by atoms with Crippen LogP contribution >= 0.6 is 0 Å². The summed E-state index contributed by atoms with van der Waals surface area (Å²) in [6.45, 7) is 9.27. The molecule has 1 aliphatic rings. The van der Waals surface area contributed by atoms with Gasteiger partial charge in [0.2, 0.25) is 0 Å². The number of hydrogen-bond acceptors (Lipinski definition) is 2. The molecule has 1 fully saturated rings. The van der Waals surface area contributed by atoms with Crippen LogP contribution in [0.5, 0.6) is 0 Å². The Kier molecular flexibility index (Phi) is 4.20. The van der Waals surface area contributed by atoms with Crippen molar-refractivity contribution in [3.05, 3.63) is 0 Å². The van der Waals surface area contributed by atoms with E-state index in [0.29, 0.717) is 6.04 Å². The molecule has 0 radical (unpaired) electrons. The van der Waals surface area contributed by atoms with Crippen molar-refractivity contribution >= 4 is 0 Å². The molecule has 3 unspecified atom stereocenters. The van der Waals surface area contributed by atoms with Gasteiger partial charge in [-0.05, 0) is 52.1 Å².